The summed E-state index contributed by atoms with van der Waals surface area (Å²) in [6, 6.07) is 4.55. The molecule has 1 rings (SSSR count). The minimum absolute atomic E-state index is 0.540. The second-order valence-corrected chi connectivity index (χ2v) is 4.76. The lowest BCUT2D eigenvalue weighted by Gasteiger charge is -2.15. The highest BCUT2D eigenvalue weighted by molar-refractivity contribution is 7.99. The van der Waals surface area contributed by atoms with E-state index in [0.717, 1.165) is 18.7 Å². The van der Waals surface area contributed by atoms with Gasteiger partial charge in [-0.05, 0) is 30.9 Å². The summed E-state index contributed by atoms with van der Waals surface area (Å²) in [5.74, 6) is 3.50. The van der Waals surface area contributed by atoms with Gasteiger partial charge in [-0.25, -0.2) is 0 Å². The van der Waals surface area contributed by atoms with E-state index < -0.39 is 0 Å². The largest absolute Gasteiger partial charge is 0.469 e. The maximum absolute atomic E-state index is 5.37. The Balaban J connectivity index is 2.29. The zero-order valence-corrected chi connectivity index (χ0v) is 10.5. The van der Waals surface area contributed by atoms with Crippen molar-refractivity contribution in [3.05, 3.63) is 24.2 Å². The number of rotatable bonds is 8. The fraction of sp³-hybridized carbons (Fsp3) is 0.667. The predicted octanol–water partition coefficient (Wildman–Crippen LogP) is 2.94. The zero-order valence-electron chi connectivity index (χ0n) is 9.66. The molecule has 0 fully saturated rings. The summed E-state index contributed by atoms with van der Waals surface area (Å²) in [7, 11) is 0. The van der Waals surface area contributed by atoms with E-state index in [1.165, 1.54) is 17.9 Å². The topological polar surface area (TPSA) is 25.2 Å². The van der Waals surface area contributed by atoms with Crippen LogP contribution >= 0.6 is 11.8 Å². The summed E-state index contributed by atoms with van der Waals surface area (Å²) in [6.07, 6.45) is 4.00. The number of hydrogen-bond acceptors (Lipinski definition) is 3. The smallest absolute Gasteiger partial charge is 0.105 e. The maximum atomic E-state index is 5.37. The molecule has 0 aliphatic rings. The van der Waals surface area contributed by atoms with Crippen LogP contribution in [-0.2, 0) is 6.42 Å². The fourth-order valence-electron chi connectivity index (χ4n) is 1.52. The van der Waals surface area contributed by atoms with Gasteiger partial charge in [0.2, 0.25) is 0 Å². The molecular formula is C12H21NOS. The van der Waals surface area contributed by atoms with Crippen LogP contribution in [0.15, 0.2) is 22.8 Å². The van der Waals surface area contributed by atoms with Crippen LogP contribution in [0.25, 0.3) is 0 Å². The van der Waals surface area contributed by atoms with Crippen molar-refractivity contribution in [2.75, 3.05) is 18.1 Å². The van der Waals surface area contributed by atoms with E-state index in [2.05, 4.69) is 25.2 Å². The Morgan fingerprint density at radius 1 is 1.47 bits per heavy atom. The first-order chi connectivity index (χ1) is 7.36. The third-order valence-electron chi connectivity index (χ3n) is 2.19. The number of nitrogens with one attached hydrogen (secondary N) is 1. The van der Waals surface area contributed by atoms with Gasteiger partial charge in [-0.15, -0.1) is 0 Å². The molecule has 1 heterocycles. The van der Waals surface area contributed by atoms with Crippen LogP contribution in [0.3, 0.4) is 0 Å². The molecule has 0 amide bonds. The normalized spacial score (nSPS) is 12.9. The second-order valence-electron chi connectivity index (χ2n) is 3.61. The first kappa shape index (κ1) is 12.7. The standard InChI is InChI=1S/C12H21NOS/c1-3-8-15-10-11(13-4-2)9-12-6-5-7-14-12/h5-7,11,13H,3-4,8-10H2,1-2H3. The molecule has 1 atom stereocenters. The lowest BCUT2D eigenvalue weighted by molar-refractivity contribution is 0.465. The van der Waals surface area contributed by atoms with Crippen LogP contribution in [0.1, 0.15) is 26.0 Å². The molecule has 0 radical (unpaired) electrons. The average Bonchev–Trinajstić information content (AvgIpc) is 2.71. The molecule has 1 aromatic rings. The Bertz CT molecular complexity index is 236. The highest BCUT2D eigenvalue weighted by Crippen LogP contribution is 2.10. The Hall–Kier alpha value is -0.410. The van der Waals surface area contributed by atoms with E-state index in [0.29, 0.717) is 6.04 Å². The fourth-order valence-corrected chi connectivity index (χ4v) is 2.50. The summed E-state index contributed by atoms with van der Waals surface area (Å²) >= 11 is 2.02. The number of furan rings is 1. The van der Waals surface area contributed by atoms with Gasteiger partial charge in [-0.3, -0.25) is 0 Å². The molecule has 86 valence electrons. The lowest BCUT2D eigenvalue weighted by atomic mass is 10.2. The monoisotopic (exact) mass is 227 g/mol. The molecule has 0 saturated heterocycles. The summed E-state index contributed by atoms with van der Waals surface area (Å²) in [5, 5.41) is 3.50. The molecule has 2 nitrogen and oxygen atoms in total. The second kappa shape index (κ2) is 7.83. The first-order valence-electron chi connectivity index (χ1n) is 5.70. The number of hydrogen-bond donors (Lipinski definition) is 1. The Morgan fingerprint density at radius 3 is 2.93 bits per heavy atom. The van der Waals surface area contributed by atoms with Crippen LogP contribution < -0.4 is 5.32 Å². The van der Waals surface area contributed by atoms with Crippen LogP contribution in [0.4, 0.5) is 0 Å². The van der Waals surface area contributed by atoms with Gasteiger partial charge >= 0.3 is 0 Å². The van der Waals surface area contributed by atoms with Crippen LogP contribution in [0.5, 0.6) is 0 Å². The van der Waals surface area contributed by atoms with Gasteiger partial charge < -0.3 is 9.73 Å². The molecule has 0 saturated carbocycles. The van der Waals surface area contributed by atoms with Crippen molar-refractivity contribution in [2.24, 2.45) is 0 Å². The quantitative estimate of drug-likeness (QED) is 0.691. The van der Waals surface area contributed by atoms with Gasteiger partial charge in [-0.2, -0.15) is 11.8 Å². The van der Waals surface area contributed by atoms with Gasteiger partial charge in [-0.1, -0.05) is 13.8 Å². The van der Waals surface area contributed by atoms with E-state index in [1.807, 2.05) is 17.8 Å². The molecule has 0 bridgehead atoms. The SMILES string of the molecule is CCCSCC(Cc1ccco1)NCC. The van der Waals surface area contributed by atoms with Crippen molar-refractivity contribution >= 4 is 11.8 Å². The summed E-state index contributed by atoms with van der Waals surface area (Å²) in [4.78, 5) is 0. The van der Waals surface area contributed by atoms with Crippen molar-refractivity contribution in [3.63, 3.8) is 0 Å². The maximum Gasteiger partial charge on any atom is 0.105 e. The molecule has 0 aromatic carbocycles. The molecule has 0 aliphatic carbocycles. The van der Waals surface area contributed by atoms with Gasteiger partial charge in [0.15, 0.2) is 0 Å². The molecule has 1 unspecified atom stereocenters. The van der Waals surface area contributed by atoms with E-state index in [4.69, 9.17) is 4.42 Å². The van der Waals surface area contributed by atoms with Crippen molar-refractivity contribution in [2.45, 2.75) is 32.7 Å². The van der Waals surface area contributed by atoms with Gasteiger partial charge in [0.25, 0.3) is 0 Å². The summed E-state index contributed by atoms with van der Waals surface area (Å²) in [6.45, 7) is 5.40. The van der Waals surface area contributed by atoms with Crippen LogP contribution in [0.2, 0.25) is 0 Å². The third kappa shape index (κ3) is 5.28. The number of likely N-dealkylation sites (N-methyl/N-ethyl adjacent to an activating group) is 1. The average molecular weight is 227 g/mol. The zero-order chi connectivity index (χ0) is 10.9. The predicted molar refractivity (Wildman–Crippen MR) is 67.5 cm³/mol. The van der Waals surface area contributed by atoms with Gasteiger partial charge in [0.1, 0.15) is 5.76 Å². The minimum atomic E-state index is 0.540. The molecular weight excluding hydrogens is 206 g/mol. The van der Waals surface area contributed by atoms with E-state index in [-0.39, 0.29) is 0 Å². The van der Waals surface area contributed by atoms with E-state index in [9.17, 15) is 0 Å². The van der Waals surface area contributed by atoms with Crippen LogP contribution in [0, 0.1) is 0 Å². The van der Waals surface area contributed by atoms with E-state index in [1.54, 1.807) is 6.26 Å². The molecule has 0 spiro atoms. The Kier molecular flexibility index (Phi) is 6.60. The summed E-state index contributed by atoms with van der Waals surface area (Å²) < 4.78 is 5.37. The van der Waals surface area contributed by atoms with Crippen molar-refractivity contribution in [1.82, 2.24) is 5.32 Å². The molecule has 0 aliphatic heterocycles. The highest BCUT2D eigenvalue weighted by atomic mass is 32.2. The molecule has 15 heavy (non-hydrogen) atoms. The van der Waals surface area contributed by atoms with Gasteiger partial charge in [0, 0.05) is 18.2 Å². The molecule has 1 N–H and O–H groups in total. The van der Waals surface area contributed by atoms with Crippen molar-refractivity contribution in [3.8, 4) is 0 Å². The highest BCUT2D eigenvalue weighted by Gasteiger charge is 2.09. The van der Waals surface area contributed by atoms with Crippen molar-refractivity contribution in [1.29, 1.82) is 0 Å². The van der Waals surface area contributed by atoms with E-state index >= 15 is 0 Å². The van der Waals surface area contributed by atoms with Gasteiger partial charge in [0.05, 0.1) is 6.26 Å². The third-order valence-corrected chi connectivity index (χ3v) is 3.52. The molecule has 1 aromatic heterocycles. The lowest BCUT2D eigenvalue weighted by Crippen LogP contribution is -2.33. The molecule has 3 heteroatoms. The Morgan fingerprint density at radius 2 is 2.33 bits per heavy atom. The minimum Gasteiger partial charge on any atom is -0.469 e. The Labute approximate surface area is 96.8 Å². The first-order valence-corrected chi connectivity index (χ1v) is 6.85. The van der Waals surface area contributed by atoms with Crippen LogP contribution in [-0.4, -0.2) is 24.1 Å². The summed E-state index contributed by atoms with van der Waals surface area (Å²) in [5.41, 5.74) is 0. The van der Waals surface area contributed by atoms with Crippen molar-refractivity contribution < 1.29 is 4.42 Å². The number of thioether (sulfide) groups is 1.